The third-order valence-corrected chi connectivity index (χ3v) is 3.99. The van der Waals surface area contributed by atoms with Crippen LogP contribution in [0.25, 0.3) is 0 Å². The maximum Gasteiger partial charge on any atom is 0.337 e. The van der Waals surface area contributed by atoms with Gasteiger partial charge >= 0.3 is 5.97 Å². The average molecular weight is 366 g/mol. The molecule has 3 N–H and O–H groups in total. The summed E-state index contributed by atoms with van der Waals surface area (Å²) in [5.41, 5.74) is 7.53. The van der Waals surface area contributed by atoms with Gasteiger partial charge in [0.15, 0.2) is 11.5 Å². The fraction of sp³-hybridized carbons (Fsp3) is 0.167. The summed E-state index contributed by atoms with van der Waals surface area (Å²) in [6.07, 6.45) is 6.00. The highest BCUT2D eigenvalue weighted by Gasteiger charge is 2.16. The number of aromatic nitrogens is 4. The van der Waals surface area contributed by atoms with Crippen LogP contribution in [-0.4, -0.2) is 38.7 Å². The number of nitrogen functional groups attached to an aromatic ring is 1. The Hall–Kier alpha value is -3.75. The maximum absolute atomic E-state index is 12.3. The molecule has 0 saturated heterocycles. The van der Waals surface area contributed by atoms with E-state index in [1.54, 1.807) is 29.1 Å². The second kappa shape index (κ2) is 7.65. The molecule has 2 aromatic heterocycles. The van der Waals surface area contributed by atoms with Crippen molar-refractivity contribution in [3.63, 3.8) is 0 Å². The quantitative estimate of drug-likeness (QED) is 0.661. The Morgan fingerprint density at radius 3 is 2.78 bits per heavy atom. The van der Waals surface area contributed by atoms with Gasteiger partial charge in [0.2, 0.25) is 0 Å². The van der Waals surface area contributed by atoms with E-state index in [1.165, 1.54) is 25.7 Å². The number of ether oxygens (including phenoxy) is 1. The summed E-state index contributed by atoms with van der Waals surface area (Å²) in [6.45, 7) is 1.93. The van der Waals surface area contributed by atoms with Gasteiger partial charge in [-0.1, -0.05) is 12.1 Å². The van der Waals surface area contributed by atoms with Gasteiger partial charge in [0.05, 0.1) is 30.6 Å². The lowest BCUT2D eigenvalue weighted by molar-refractivity contribution is 0.0600. The number of benzene rings is 1. The number of amides is 1. The SMILES string of the molecule is COC(=O)c1cccc(C(C)n2cc(NC(=O)c3nccnc3N)cn2)c1. The summed E-state index contributed by atoms with van der Waals surface area (Å²) in [6, 6.07) is 6.93. The minimum Gasteiger partial charge on any atom is -0.465 e. The Morgan fingerprint density at radius 2 is 2.04 bits per heavy atom. The fourth-order valence-corrected chi connectivity index (χ4v) is 2.52. The van der Waals surface area contributed by atoms with E-state index in [2.05, 4.69) is 20.4 Å². The number of hydrogen-bond donors (Lipinski definition) is 2. The highest BCUT2D eigenvalue weighted by atomic mass is 16.5. The van der Waals surface area contributed by atoms with Gasteiger partial charge < -0.3 is 15.8 Å². The van der Waals surface area contributed by atoms with Crippen molar-refractivity contribution in [2.45, 2.75) is 13.0 Å². The first-order valence-electron chi connectivity index (χ1n) is 8.10. The van der Waals surface area contributed by atoms with Crippen molar-refractivity contribution >= 4 is 23.4 Å². The predicted octanol–water partition coefficient (Wildman–Crippen LogP) is 1.90. The van der Waals surface area contributed by atoms with E-state index < -0.39 is 11.9 Å². The van der Waals surface area contributed by atoms with Gasteiger partial charge in [0.25, 0.3) is 5.91 Å². The molecule has 1 aromatic carbocycles. The zero-order valence-electron chi connectivity index (χ0n) is 14.8. The summed E-state index contributed by atoms with van der Waals surface area (Å²) in [5, 5.41) is 6.96. The Labute approximate surface area is 155 Å². The summed E-state index contributed by atoms with van der Waals surface area (Å²) in [7, 11) is 1.34. The molecule has 1 atom stereocenters. The molecule has 3 aromatic rings. The molecule has 0 aliphatic heterocycles. The van der Waals surface area contributed by atoms with Gasteiger partial charge in [-0.15, -0.1) is 0 Å². The predicted molar refractivity (Wildman–Crippen MR) is 98.2 cm³/mol. The maximum atomic E-state index is 12.3. The van der Waals surface area contributed by atoms with Crippen molar-refractivity contribution in [3.8, 4) is 0 Å². The Kier molecular flexibility index (Phi) is 5.11. The van der Waals surface area contributed by atoms with Crippen LogP contribution in [-0.2, 0) is 4.74 Å². The summed E-state index contributed by atoms with van der Waals surface area (Å²) >= 11 is 0. The Bertz CT molecular complexity index is 984. The Balaban J connectivity index is 1.76. The van der Waals surface area contributed by atoms with Crippen LogP contribution in [0.5, 0.6) is 0 Å². The van der Waals surface area contributed by atoms with Crippen molar-refractivity contribution in [1.29, 1.82) is 0 Å². The number of anilines is 2. The highest BCUT2D eigenvalue weighted by Crippen LogP contribution is 2.21. The van der Waals surface area contributed by atoms with Gasteiger partial charge in [0.1, 0.15) is 0 Å². The van der Waals surface area contributed by atoms with Gasteiger partial charge in [-0.05, 0) is 24.6 Å². The molecule has 0 spiro atoms. The van der Waals surface area contributed by atoms with Crippen LogP contribution in [0.4, 0.5) is 11.5 Å². The molecule has 1 amide bonds. The number of rotatable bonds is 5. The third-order valence-electron chi connectivity index (χ3n) is 3.99. The topological polar surface area (TPSA) is 125 Å². The van der Waals surface area contributed by atoms with Gasteiger partial charge in [0, 0.05) is 18.6 Å². The van der Waals surface area contributed by atoms with E-state index in [1.807, 2.05) is 13.0 Å². The lowest BCUT2D eigenvalue weighted by atomic mass is 10.1. The van der Waals surface area contributed by atoms with Gasteiger partial charge in [-0.3, -0.25) is 9.48 Å². The first kappa shape index (κ1) is 18.1. The minimum absolute atomic E-state index is 0.0454. The highest BCUT2D eigenvalue weighted by molar-refractivity contribution is 6.05. The molecule has 9 heteroatoms. The molecule has 0 saturated carbocycles. The average Bonchev–Trinajstić information content (AvgIpc) is 3.15. The van der Waals surface area contributed by atoms with E-state index in [-0.39, 0.29) is 17.6 Å². The number of carbonyl (C=O) groups is 2. The molecule has 138 valence electrons. The third kappa shape index (κ3) is 3.92. The molecule has 3 rings (SSSR count). The molecular formula is C18H18N6O3. The molecule has 0 bridgehead atoms. The van der Waals surface area contributed by atoms with Crippen molar-refractivity contribution < 1.29 is 14.3 Å². The molecule has 2 heterocycles. The summed E-state index contributed by atoms with van der Waals surface area (Å²) in [5.74, 6) is -0.824. The van der Waals surface area contributed by atoms with Crippen molar-refractivity contribution in [3.05, 3.63) is 65.9 Å². The van der Waals surface area contributed by atoms with E-state index in [0.29, 0.717) is 11.3 Å². The number of hydrogen-bond acceptors (Lipinski definition) is 7. The number of nitrogens with zero attached hydrogens (tertiary/aromatic N) is 4. The zero-order valence-corrected chi connectivity index (χ0v) is 14.8. The minimum atomic E-state index is -0.472. The smallest absolute Gasteiger partial charge is 0.337 e. The van der Waals surface area contributed by atoms with Crippen LogP contribution in [0, 0.1) is 0 Å². The molecule has 0 aliphatic carbocycles. The zero-order chi connectivity index (χ0) is 19.4. The van der Waals surface area contributed by atoms with E-state index >= 15 is 0 Å². The largest absolute Gasteiger partial charge is 0.465 e. The van der Waals surface area contributed by atoms with Crippen LogP contribution < -0.4 is 11.1 Å². The van der Waals surface area contributed by atoms with Gasteiger partial charge in [-0.2, -0.15) is 5.10 Å². The van der Waals surface area contributed by atoms with Crippen LogP contribution in [0.15, 0.2) is 49.1 Å². The molecule has 0 aliphatic rings. The summed E-state index contributed by atoms with van der Waals surface area (Å²) in [4.78, 5) is 31.7. The fourth-order valence-electron chi connectivity index (χ4n) is 2.52. The number of carbonyl (C=O) groups excluding carboxylic acids is 2. The molecular weight excluding hydrogens is 348 g/mol. The van der Waals surface area contributed by atoms with E-state index in [0.717, 1.165) is 5.56 Å². The molecule has 1 unspecified atom stereocenters. The molecule has 27 heavy (non-hydrogen) atoms. The van der Waals surface area contributed by atoms with Crippen LogP contribution in [0.3, 0.4) is 0 Å². The lowest BCUT2D eigenvalue weighted by Gasteiger charge is -2.13. The van der Waals surface area contributed by atoms with E-state index in [4.69, 9.17) is 10.5 Å². The Morgan fingerprint density at radius 1 is 1.26 bits per heavy atom. The van der Waals surface area contributed by atoms with Crippen molar-refractivity contribution in [2.75, 3.05) is 18.2 Å². The standard InChI is InChI=1S/C18H18N6O3/c1-11(12-4-3-5-13(8-12)18(26)27-2)24-10-14(9-22-24)23-17(25)15-16(19)21-7-6-20-15/h3-11H,1-2H3,(H2,19,21)(H,23,25). The van der Waals surface area contributed by atoms with Crippen LogP contribution in [0.2, 0.25) is 0 Å². The van der Waals surface area contributed by atoms with Crippen molar-refractivity contribution in [2.24, 2.45) is 0 Å². The summed E-state index contributed by atoms with van der Waals surface area (Å²) < 4.78 is 6.42. The van der Waals surface area contributed by atoms with Crippen LogP contribution in [0.1, 0.15) is 39.4 Å². The first-order chi connectivity index (χ1) is 13.0. The van der Waals surface area contributed by atoms with Gasteiger partial charge in [-0.25, -0.2) is 14.8 Å². The molecule has 0 fully saturated rings. The second-order valence-electron chi connectivity index (χ2n) is 5.75. The first-order valence-corrected chi connectivity index (χ1v) is 8.10. The van der Waals surface area contributed by atoms with Crippen molar-refractivity contribution in [1.82, 2.24) is 19.7 Å². The van der Waals surface area contributed by atoms with Crippen LogP contribution >= 0.6 is 0 Å². The molecule has 9 nitrogen and oxygen atoms in total. The normalized spacial score (nSPS) is 11.6. The monoisotopic (exact) mass is 366 g/mol. The number of nitrogens with one attached hydrogen (secondary N) is 1. The number of esters is 1. The number of methoxy groups -OCH3 is 1. The van der Waals surface area contributed by atoms with E-state index in [9.17, 15) is 9.59 Å². The number of nitrogens with two attached hydrogens (primary N) is 1. The lowest BCUT2D eigenvalue weighted by Crippen LogP contribution is -2.16. The second-order valence-corrected chi connectivity index (χ2v) is 5.75. The molecule has 0 radical (unpaired) electrons.